The third-order valence-corrected chi connectivity index (χ3v) is 8.04. The van der Waals surface area contributed by atoms with Crippen molar-refractivity contribution in [2.24, 2.45) is 5.92 Å². The minimum Gasteiger partial charge on any atom is -0.490 e. The second-order valence-corrected chi connectivity index (χ2v) is 11.9. The van der Waals surface area contributed by atoms with Crippen LogP contribution in [0.2, 0.25) is 0 Å². The van der Waals surface area contributed by atoms with E-state index in [0.29, 0.717) is 42.3 Å². The normalized spacial score (nSPS) is 20.7. The summed E-state index contributed by atoms with van der Waals surface area (Å²) in [7, 11) is 2.09. The van der Waals surface area contributed by atoms with Crippen molar-refractivity contribution in [2.45, 2.75) is 64.8 Å². The van der Waals surface area contributed by atoms with E-state index in [1.54, 1.807) is 47.6 Å². The van der Waals surface area contributed by atoms with E-state index in [0.717, 1.165) is 25.8 Å². The van der Waals surface area contributed by atoms with Crippen LogP contribution < -0.4 is 10.1 Å². The Bertz CT molecular complexity index is 1340. The van der Waals surface area contributed by atoms with Gasteiger partial charge in [-0.05, 0) is 76.1 Å². The highest BCUT2D eigenvalue weighted by Crippen LogP contribution is 2.29. The summed E-state index contributed by atoms with van der Waals surface area (Å²) in [5, 5.41) is 13.1. The first-order chi connectivity index (χ1) is 21.2. The summed E-state index contributed by atoms with van der Waals surface area (Å²) in [6.45, 7) is 8.24. The smallest absolute Gasteiger partial charge is 0.258 e. The predicted molar refractivity (Wildman–Crippen MR) is 172 cm³/mol. The quantitative estimate of drug-likeness (QED) is 0.363. The highest BCUT2D eigenvalue weighted by molar-refractivity contribution is 6.05. The van der Waals surface area contributed by atoms with Crippen molar-refractivity contribution in [3.05, 3.63) is 89.7 Å². The summed E-state index contributed by atoms with van der Waals surface area (Å²) < 4.78 is 12.8. The van der Waals surface area contributed by atoms with E-state index in [9.17, 15) is 14.7 Å². The van der Waals surface area contributed by atoms with Gasteiger partial charge in [0.25, 0.3) is 11.8 Å². The number of hydrogen-bond donors (Lipinski definition) is 2. The second-order valence-electron chi connectivity index (χ2n) is 11.9. The molecule has 2 heterocycles. The number of rotatable bonds is 8. The maximum atomic E-state index is 14.3. The minimum absolute atomic E-state index is 0.0213. The number of pyridine rings is 1. The number of aliphatic hydroxyl groups excluding tert-OH is 1. The zero-order valence-electron chi connectivity index (χ0n) is 26.3. The van der Waals surface area contributed by atoms with Gasteiger partial charge in [-0.3, -0.25) is 19.5 Å². The SMILES string of the molecule is C[C@@H]1CN([C@H](C)CO)C(=O)c2cc(NC(=O)c3ccncc3)ccc2O[C@@H](C)CCCCO[C@H]1CN(C)Cc1ccccc1. The van der Waals surface area contributed by atoms with Gasteiger partial charge >= 0.3 is 0 Å². The molecule has 2 amide bonds. The molecule has 2 aromatic carbocycles. The van der Waals surface area contributed by atoms with Gasteiger partial charge in [-0.15, -0.1) is 0 Å². The first-order valence-electron chi connectivity index (χ1n) is 15.5. The number of carbonyl (C=O) groups excluding carboxylic acids is 2. The number of anilines is 1. The summed E-state index contributed by atoms with van der Waals surface area (Å²) in [4.78, 5) is 35.1. The van der Waals surface area contributed by atoms with Crippen molar-refractivity contribution in [2.75, 3.05) is 38.7 Å². The lowest BCUT2D eigenvalue weighted by atomic mass is 10.0. The highest BCUT2D eigenvalue weighted by Gasteiger charge is 2.30. The molecule has 0 spiro atoms. The molecule has 44 heavy (non-hydrogen) atoms. The number of ether oxygens (including phenoxy) is 2. The Hall–Kier alpha value is -3.79. The Labute approximate surface area is 261 Å². The van der Waals surface area contributed by atoms with Crippen LogP contribution in [-0.2, 0) is 11.3 Å². The fourth-order valence-electron chi connectivity index (χ4n) is 5.44. The van der Waals surface area contributed by atoms with E-state index in [1.807, 2.05) is 32.0 Å². The van der Waals surface area contributed by atoms with Crippen LogP contribution in [0.4, 0.5) is 5.69 Å². The maximum absolute atomic E-state index is 14.3. The third kappa shape index (κ3) is 9.35. The molecule has 0 saturated carbocycles. The number of amides is 2. The molecular formula is C35H46N4O5. The molecular weight excluding hydrogens is 556 g/mol. The highest BCUT2D eigenvalue weighted by atomic mass is 16.5. The summed E-state index contributed by atoms with van der Waals surface area (Å²) >= 11 is 0. The molecule has 0 saturated heterocycles. The lowest BCUT2D eigenvalue weighted by molar-refractivity contribution is -0.0177. The van der Waals surface area contributed by atoms with Crippen molar-refractivity contribution >= 4 is 17.5 Å². The van der Waals surface area contributed by atoms with E-state index < -0.39 is 6.04 Å². The zero-order chi connectivity index (χ0) is 31.5. The van der Waals surface area contributed by atoms with Crippen molar-refractivity contribution in [3.63, 3.8) is 0 Å². The molecule has 1 aliphatic rings. The van der Waals surface area contributed by atoms with Crippen LogP contribution in [0, 0.1) is 5.92 Å². The Morgan fingerprint density at radius 3 is 2.59 bits per heavy atom. The molecule has 2 N–H and O–H groups in total. The molecule has 3 aromatic rings. The Morgan fingerprint density at radius 1 is 1.11 bits per heavy atom. The largest absolute Gasteiger partial charge is 0.490 e. The molecule has 0 radical (unpaired) electrons. The zero-order valence-corrected chi connectivity index (χ0v) is 26.3. The summed E-state index contributed by atoms with van der Waals surface area (Å²) in [5.74, 6) is -0.135. The number of nitrogens with one attached hydrogen (secondary N) is 1. The average Bonchev–Trinajstić information content (AvgIpc) is 3.03. The van der Waals surface area contributed by atoms with E-state index in [-0.39, 0.29) is 36.5 Å². The minimum atomic E-state index is -0.444. The number of aromatic nitrogens is 1. The van der Waals surface area contributed by atoms with Gasteiger partial charge in [0.1, 0.15) is 5.75 Å². The van der Waals surface area contributed by atoms with Gasteiger partial charge in [0.05, 0.1) is 30.4 Å². The molecule has 1 aliphatic heterocycles. The standard InChI is InChI=1S/C35H46N4O5/c1-25-21-39(26(2)24-40)35(42)31-20-30(37-34(41)29-15-17-36-18-16-29)13-14-32(31)44-27(3)10-8-9-19-43-33(25)23-38(4)22-28-11-6-5-7-12-28/h5-7,11-18,20,25-27,33,40H,8-10,19,21-24H2,1-4H3,(H,37,41)/t25-,26-,27+,33+/m1/s1. The van der Waals surface area contributed by atoms with Crippen LogP contribution in [0.15, 0.2) is 73.1 Å². The molecule has 4 rings (SSSR count). The molecule has 236 valence electrons. The number of aliphatic hydroxyl groups is 1. The van der Waals surface area contributed by atoms with Gasteiger partial charge < -0.3 is 24.8 Å². The summed E-state index contributed by atoms with van der Waals surface area (Å²) in [6.07, 6.45) is 5.51. The fourth-order valence-corrected chi connectivity index (χ4v) is 5.44. The summed E-state index contributed by atoms with van der Waals surface area (Å²) in [5.41, 5.74) is 2.51. The van der Waals surface area contributed by atoms with Crippen molar-refractivity contribution < 1.29 is 24.2 Å². The summed E-state index contributed by atoms with van der Waals surface area (Å²) in [6, 6.07) is 18.3. The first-order valence-corrected chi connectivity index (χ1v) is 15.5. The van der Waals surface area contributed by atoms with Crippen LogP contribution in [0.1, 0.15) is 66.3 Å². The number of benzene rings is 2. The van der Waals surface area contributed by atoms with Crippen LogP contribution in [0.3, 0.4) is 0 Å². The Kier molecular flexibility index (Phi) is 12.3. The fraction of sp³-hybridized carbons (Fsp3) is 0.457. The first kappa shape index (κ1) is 33.1. The van der Waals surface area contributed by atoms with Crippen molar-refractivity contribution in [1.82, 2.24) is 14.8 Å². The number of fused-ring (bicyclic) bond motifs is 1. The van der Waals surface area contributed by atoms with E-state index >= 15 is 0 Å². The molecule has 1 aromatic heterocycles. The Morgan fingerprint density at radius 2 is 1.86 bits per heavy atom. The van der Waals surface area contributed by atoms with E-state index in [1.165, 1.54) is 5.56 Å². The van der Waals surface area contributed by atoms with Crippen LogP contribution in [0.25, 0.3) is 0 Å². The lowest BCUT2D eigenvalue weighted by Gasteiger charge is -2.36. The molecule has 0 unspecified atom stereocenters. The van der Waals surface area contributed by atoms with E-state index in [2.05, 4.69) is 41.3 Å². The topological polar surface area (TPSA) is 104 Å². The van der Waals surface area contributed by atoms with Gasteiger partial charge in [-0.1, -0.05) is 37.3 Å². The van der Waals surface area contributed by atoms with Crippen LogP contribution >= 0.6 is 0 Å². The van der Waals surface area contributed by atoms with Gasteiger partial charge in [0.15, 0.2) is 0 Å². The molecule has 0 bridgehead atoms. The molecule has 4 atom stereocenters. The van der Waals surface area contributed by atoms with Gasteiger partial charge in [-0.2, -0.15) is 0 Å². The van der Waals surface area contributed by atoms with Gasteiger partial charge in [-0.25, -0.2) is 0 Å². The van der Waals surface area contributed by atoms with Crippen molar-refractivity contribution in [1.29, 1.82) is 0 Å². The predicted octanol–water partition coefficient (Wildman–Crippen LogP) is 5.26. The number of hydrogen-bond acceptors (Lipinski definition) is 7. The van der Waals surface area contributed by atoms with Crippen molar-refractivity contribution in [3.8, 4) is 5.75 Å². The van der Waals surface area contributed by atoms with Gasteiger partial charge in [0.2, 0.25) is 0 Å². The third-order valence-electron chi connectivity index (χ3n) is 8.04. The molecule has 9 nitrogen and oxygen atoms in total. The Balaban J connectivity index is 1.61. The number of nitrogens with zero attached hydrogens (tertiary/aromatic N) is 3. The maximum Gasteiger partial charge on any atom is 0.258 e. The molecule has 0 aliphatic carbocycles. The molecule has 9 heteroatoms. The van der Waals surface area contributed by atoms with Gasteiger partial charge in [0, 0.05) is 55.8 Å². The van der Waals surface area contributed by atoms with Crippen LogP contribution in [0.5, 0.6) is 5.75 Å². The number of carbonyl (C=O) groups is 2. The average molecular weight is 603 g/mol. The second kappa shape index (κ2) is 16.3. The lowest BCUT2D eigenvalue weighted by Crippen LogP contribution is -2.47. The number of likely N-dealkylation sites (N-methyl/N-ethyl adjacent to an activating group) is 1. The molecule has 0 fully saturated rings. The monoisotopic (exact) mass is 602 g/mol. The van der Waals surface area contributed by atoms with Crippen LogP contribution in [-0.4, -0.2) is 83.3 Å². The van der Waals surface area contributed by atoms with E-state index in [4.69, 9.17) is 9.47 Å².